The van der Waals surface area contributed by atoms with Crippen LogP contribution in [0.1, 0.15) is 52.9 Å². The molecule has 1 aliphatic carbocycles. The van der Waals surface area contributed by atoms with Crippen molar-refractivity contribution in [3.63, 3.8) is 0 Å². The van der Waals surface area contributed by atoms with Crippen LogP contribution in [-0.2, 0) is 9.84 Å². The Morgan fingerprint density at radius 2 is 2.00 bits per heavy atom. The first-order valence-electron chi connectivity index (χ1n) is 6.67. The zero-order valence-electron chi connectivity index (χ0n) is 11.6. The van der Waals surface area contributed by atoms with Gasteiger partial charge >= 0.3 is 0 Å². The summed E-state index contributed by atoms with van der Waals surface area (Å²) in [7, 11) is -2.91. The lowest BCUT2D eigenvalue weighted by Crippen LogP contribution is -2.52. The van der Waals surface area contributed by atoms with Gasteiger partial charge in [-0.15, -0.1) is 0 Å². The summed E-state index contributed by atoms with van der Waals surface area (Å²) in [5.74, 6) is 0.775. The van der Waals surface area contributed by atoms with E-state index in [9.17, 15) is 8.42 Å². The molecule has 0 aliphatic heterocycles. The van der Waals surface area contributed by atoms with Gasteiger partial charge in [-0.2, -0.15) is 0 Å². The fourth-order valence-corrected chi connectivity index (χ4v) is 4.12. The molecule has 2 N–H and O–H groups in total. The van der Waals surface area contributed by atoms with Gasteiger partial charge in [-0.05, 0) is 38.0 Å². The fraction of sp³-hybridized carbons (Fsp3) is 1.00. The van der Waals surface area contributed by atoms with Gasteiger partial charge in [-0.3, -0.25) is 0 Å². The summed E-state index contributed by atoms with van der Waals surface area (Å²) in [6, 6.07) is 0. The average Bonchev–Trinajstić information content (AvgIpc) is 2.27. The van der Waals surface area contributed by atoms with Gasteiger partial charge in [0.1, 0.15) is 9.84 Å². The van der Waals surface area contributed by atoms with Gasteiger partial charge in [0.25, 0.3) is 0 Å². The summed E-state index contributed by atoms with van der Waals surface area (Å²) in [6.45, 7) is 6.41. The summed E-state index contributed by atoms with van der Waals surface area (Å²) < 4.78 is 23.3. The van der Waals surface area contributed by atoms with E-state index in [2.05, 4.69) is 20.8 Å². The standard InChI is InChI=1S/C13H27NO2S/c1-5-10(2)13(3,14)11-7-6-8-12(9-11)17(4,15)16/h10-12H,5-9,14H2,1-4H3. The van der Waals surface area contributed by atoms with E-state index in [-0.39, 0.29) is 10.8 Å². The van der Waals surface area contributed by atoms with E-state index >= 15 is 0 Å². The first-order valence-corrected chi connectivity index (χ1v) is 8.62. The first kappa shape index (κ1) is 15.0. The monoisotopic (exact) mass is 261 g/mol. The molecule has 102 valence electrons. The minimum atomic E-state index is -2.91. The molecule has 1 rings (SSSR count). The molecule has 1 fully saturated rings. The molecule has 17 heavy (non-hydrogen) atoms. The lowest BCUT2D eigenvalue weighted by atomic mass is 9.69. The van der Waals surface area contributed by atoms with Crippen molar-refractivity contribution in [3.05, 3.63) is 0 Å². The summed E-state index contributed by atoms with van der Waals surface area (Å²) in [5, 5.41) is -0.173. The Morgan fingerprint density at radius 1 is 1.41 bits per heavy atom. The van der Waals surface area contributed by atoms with Gasteiger partial charge in [0.05, 0.1) is 5.25 Å². The summed E-state index contributed by atoms with van der Waals surface area (Å²) in [6.07, 6.45) is 6.03. The SMILES string of the molecule is CCC(C)C(C)(N)C1CCCC(S(C)(=O)=O)C1. The third-order valence-electron chi connectivity index (χ3n) is 4.79. The minimum Gasteiger partial charge on any atom is -0.325 e. The van der Waals surface area contributed by atoms with Crippen molar-refractivity contribution < 1.29 is 8.42 Å². The topological polar surface area (TPSA) is 60.2 Å². The molecular weight excluding hydrogens is 234 g/mol. The lowest BCUT2D eigenvalue weighted by molar-refractivity contribution is 0.159. The van der Waals surface area contributed by atoms with Crippen LogP contribution in [0.25, 0.3) is 0 Å². The van der Waals surface area contributed by atoms with Gasteiger partial charge < -0.3 is 5.73 Å². The normalized spacial score (nSPS) is 31.8. The Kier molecular flexibility index (Phi) is 4.64. The van der Waals surface area contributed by atoms with Crippen molar-refractivity contribution >= 4 is 9.84 Å². The molecule has 0 spiro atoms. The second kappa shape index (κ2) is 5.27. The van der Waals surface area contributed by atoms with Gasteiger partial charge in [0.2, 0.25) is 0 Å². The molecule has 0 aromatic rings. The minimum absolute atomic E-state index is 0.173. The van der Waals surface area contributed by atoms with Crippen molar-refractivity contribution in [3.8, 4) is 0 Å². The molecule has 1 saturated carbocycles. The highest BCUT2D eigenvalue weighted by molar-refractivity contribution is 7.91. The number of nitrogens with two attached hydrogens (primary N) is 1. The molecule has 3 nitrogen and oxygen atoms in total. The van der Waals surface area contributed by atoms with E-state index < -0.39 is 9.84 Å². The Balaban J connectivity index is 2.79. The summed E-state index contributed by atoms with van der Waals surface area (Å²) in [4.78, 5) is 0. The third kappa shape index (κ3) is 3.44. The highest BCUT2D eigenvalue weighted by Crippen LogP contribution is 2.38. The van der Waals surface area contributed by atoms with Crippen LogP contribution in [0.15, 0.2) is 0 Å². The quantitative estimate of drug-likeness (QED) is 0.845. The number of hydrogen-bond acceptors (Lipinski definition) is 3. The molecule has 4 atom stereocenters. The molecule has 4 heteroatoms. The van der Waals surface area contributed by atoms with Crippen LogP contribution in [0.2, 0.25) is 0 Å². The van der Waals surface area contributed by atoms with Crippen LogP contribution in [0.3, 0.4) is 0 Å². The molecule has 0 radical (unpaired) electrons. The molecule has 0 aromatic carbocycles. The van der Waals surface area contributed by atoms with Crippen LogP contribution in [0.4, 0.5) is 0 Å². The zero-order chi connectivity index (χ0) is 13.3. The average molecular weight is 261 g/mol. The zero-order valence-corrected chi connectivity index (χ0v) is 12.4. The molecule has 1 aliphatic rings. The second-order valence-electron chi connectivity index (χ2n) is 5.99. The van der Waals surface area contributed by atoms with E-state index in [4.69, 9.17) is 5.73 Å². The number of sulfone groups is 1. The Labute approximate surface area is 106 Å². The van der Waals surface area contributed by atoms with Crippen molar-refractivity contribution in [2.75, 3.05) is 6.26 Å². The predicted octanol–water partition coefficient (Wildman–Crippen LogP) is 2.35. The van der Waals surface area contributed by atoms with E-state index in [1.807, 2.05) is 0 Å². The Bertz CT molecular complexity index is 348. The van der Waals surface area contributed by atoms with Crippen LogP contribution < -0.4 is 5.73 Å². The molecule has 0 bridgehead atoms. The first-order chi connectivity index (χ1) is 7.69. The van der Waals surface area contributed by atoms with Crippen molar-refractivity contribution in [2.45, 2.75) is 63.7 Å². The van der Waals surface area contributed by atoms with Crippen molar-refractivity contribution in [2.24, 2.45) is 17.6 Å². The van der Waals surface area contributed by atoms with Gasteiger partial charge in [-0.25, -0.2) is 8.42 Å². The van der Waals surface area contributed by atoms with Crippen molar-refractivity contribution in [1.29, 1.82) is 0 Å². The van der Waals surface area contributed by atoms with Crippen LogP contribution in [0, 0.1) is 11.8 Å². The van der Waals surface area contributed by atoms with E-state index in [1.165, 1.54) is 6.26 Å². The van der Waals surface area contributed by atoms with Crippen LogP contribution in [-0.4, -0.2) is 25.5 Å². The van der Waals surface area contributed by atoms with E-state index in [0.717, 1.165) is 32.1 Å². The van der Waals surface area contributed by atoms with E-state index in [1.54, 1.807) is 0 Å². The number of hydrogen-bond donors (Lipinski definition) is 1. The Hall–Kier alpha value is -0.0900. The Morgan fingerprint density at radius 3 is 2.47 bits per heavy atom. The fourth-order valence-electron chi connectivity index (χ4n) is 2.94. The lowest BCUT2D eigenvalue weighted by Gasteiger charge is -2.43. The number of rotatable bonds is 4. The molecule has 0 aromatic heterocycles. The maximum atomic E-state index is 11.7. The van der Waals surface area contributed by atoms with Gasteiger partial charge in [-0.1, -0.05) is 26.7 Å². The van der Waals surface area contributed by atoms with Gasteiger partial charge in [0, 0.05) is 11.8 Å². The largest absolute Gasteiger partial charge is 0.325 e. The molecule has 4 unspecified atom stereocenters. The predicted molar refractivity (Wildman–Crippen MR) is 72.6 cm³/mol. The maximum absolute atomic E-state index is 11.7. The molecule has 0 amide bonds. The highest BCUT2D eigenvalue weighted by Gasteiger charge is 2.39. The molecule has 0 heterocycles. The maximum Gasteiger partial charge on any atom is 0.150 e. The molecular formula is C13H27NO2S. The van der Waals surface area contributed by atoms with Gasteiger partial charge in [0.15, 0.2) is 0 Å². The molecule has 0 saturated heterocycles. The summed E-state index contributed by atoms with van der Waals surface area (Å²) in [5.41, 5.74) is 6.22. The van der Waals surface area contributed by atoms with Crippen LogP contribution >= 0.6 is 0 Å². The van der Waals surface area contributed by atoms with E-state index in [0.29, 0.717) is 11.8 Å². The second-order valence-corrected chi connectivity index (χ2v) is 8.32. The summed E-state index contributed by atoms with van der Waals surface area (Å²) >= 11 is 0. The third-order valence-corrected chi connectivity index (χ3v) is 6.42. The van der Waals surface area contributed by atoms with Crippen LogP contribution in [0.5, 0.6) is 0 Å². The smallest absolute Gasteiger partial charge is 0.150 e. The van der Waals surface area contributed by atoms with Crippen molar-refractivity contribution in [1.82, 2.24) is 0 Å². The highest BCUT2D eigenvalue weighted by atomic mass is 32.2.